The summed E-state index contributed by atoms with van der Waals surface area (Å²) in [6.07, 6.45) is 3.47. The predicted molar refractivity (Wildman–Crippen MR) is 79.2 cm³/mol. The average molecular weight is 328 g/mol. The fourth-order valence-electron chi connectivity index (χ4n) is 3.02. The molecule has 4 nitrogen and oxygen atoms in total. The first-order chi connectivity index (χ1) is 9.00. The quantitative estimate of drug-likeness (QED) is 0.903. The van der Waals surface area contributed by atoms with Crippen molar-refractivity contribution in [1.82, 2.24) is 15.1 Å². The fraction of sp³-hybridized carbons (Fsp3) is 0.714. The second-order valence-electron chi connectivity index (χ2n) is 5.53. The maximum absolute atomic E-state index is 12.7. The number of ketones is 1. The van der Waals surface area contributed by atoms with E-state index in [0.29, 0.717) is 12.2 Å². The van der Waals surface area contributed by atoms with E-state index in [4.69, 9.17) is 0 Å². The van der Waals surface area contributed by atoms with Gasteiger partial charge in [-0.1, -0.05) is 13.3 Å². The number of carbonyl (C=O) groups excluding carboxylic acids is 1. The Hall–Kier alpha value is -0.680. The van der Waals surface area contributed by atoms with Crippen LogP contribution >= 0.6 is 15.9 Å². The van der Waals surface area contributed by atoms with Crippen molar-refractivity contribution in [2.45, 2.75) is 39.5 Å². The van der Waals surface area contributed by atoms with Gasteiger partial charge in [-0.2, -0.15) is 5.10 Å². The molecule has 0 aliphatic carbocycles. The molecule has 106 valence electrons. The number of Topliss-reactive ketones (excluding diaryl/α,β-unsaturated/α-hetero) is 1. The van der Waals surface area contributed by atoms with Crippen LogP contribution in [-0.2, 0) is 18.3 Å². The molecule has 0 radical (unpaired) electrons. The molecule has 0 aromatic carbocycles. The first-order valence-corrected chi connectivity index (χ1v) is 7.71. The number of carbonyl (C=O) groups is 1. The molecule has 0 spiro atoms. The lowest BCUT2D eigenvalue weighted by Gasteiger charge is -2.26. The molecule has 1 aliphatic heterocycles. The lowest BCUT2D eigenvalue weighted by Crippen LogP contribution is -2.35. The molecule has 1 atom stereocenters. The van der Waals surface area contributed by atoms with Crippen LogP contribution < -0.4 is 5.32 Å². The van der Waals surface area contributed by atoms with E-state index in [1.165, 1.54) is 0 Å². The van der Waals surface area contributed by atoms with Gasteiger partial charge >= 0.3 is 0 Å². The number of nitrogens with zero attached hydrogens (tertiary/aromatic N) is 2. The minimum absolute atomic E-state index is 0.160. The number of halogens is 1. The molecule has 1 unspecified atom stereocenters. The standard InChI is InChI=1S/C14H22BrN3O/c1-4-5-14(6-7-16-9-14)12(19)8-11-13(15)10(2)17-18(11)3/h16H,4-9H2,1-3H3. The number of aryl methyl sites for hydroxylation is 2. The monoisotopic (exact) mass is 327 g/mol. The average Bonchev–Trinajstić information content (AvgIpc) is 2.92. The van der Waals surface area contributed by atoms with E-state index in [2.05, 4.69) is 33.3 Å². The van der Waals surface area contributed by atoms with Crippen LogP contribution in [0.1, 0.15) is 37.6 Å². The molecular formula is C14H22BrN3O. The Morgan fingerprint density at radius 3 is 2.79 bits per heavy atom. The van der Waals surface area contributed by atoms with Crippen molar-refractivity contribution in [2.75, 3.05) is 13.1 Å². The van der Waals surface area contributed by atoms with Crippen molar-refractivity contribution in [3.05, 3.63) is 15.9 Å². The van der Waals surface area contributed by atoms with E-state index >= 15 is 0 Å². The maximum atomic E-state index is 12.7. The Morgan fingerprint density at radius 1 is 1.58 bits per heavy atom. The van der Waals surface area contributed by atoms with Crippen LogP contribution in [0.5, 0.6) is 0 Å². The van der Waals surface area contributed by atoms with Crippen LogP contribution in [0.3, 0.4) is 0 Å². The maximum Gasteiger partial charge on any atom is 0.146 e. The second-order valence-corrected chi connectivity index (χ2v) is 6.32. The lowest BCUT2D eigenvalue weighted by atomic mass is 9.77. The van der Waals surface area contributed by atoms with Gasteiger partial charge in [0.15, 0.2) is 0 Å². The minimum Gasteiger partial charge on any atom is -0.316 e. The Kier molecular flexibility index (Phi) is 4.46. The Labute approximate surface area is 123 Å². The van der Waals surface area contributed by atoms with E-state index in [-0.39, 0.29) is 5.41 Å². The summed E-state index contributed by atoms with van der Waals surface area (Å²) in [5.74, 6) is 0.350. The van der Waals surface area contributed by atoms with E-state index in [9.17, 15) is 4.79 Å². The van der Waals surface area contributed by atoms with Gasteiger partial charge in [0.05, 0.1) is 22.3 Å². The van der Waals surface area contributed by atoms with Crippen molar-refractivity contribution in [1.29, 1.82) is 0 Å². The van der Waals surface area contributed by atoms with Gasteiger partial charge in [-0.15, -0.1) is 0 Å². The number of aromatic nitrogens is 2. The summed E-state index contributed by atoms with van der Waals surface area (Å²) in [5, 5.41) is 7.71. The molecule has 2 rings (SSSR count). The first-order valence-electron chi connectivity index (χ1n) is 6.92. The largest absolute Gasteiger partial charge is 0.316 e. The highest BCUT2D eigenvalue weighted by Gasteiger charge is 2.40. The van der Waals surface area contributed by atoms with Crippen LogP contribution in [0.25, 0.3) is 0 Å². The molecule has 1 fully saturated rings. The van der Waals surface area contributed by atoms with Crippen molar-refractivity contribution in [2.24, 2.45) is 12.5 Å². The third-order valence-electron chi connectivity index (χ3n) is 4.15. The third-order valence-corrected chi connectivity index (χ3v) is 5.18. The summed E-state index contributed by atoms with van der Waals surface area (Å²) in [5.41, 5.74) is 1.77. The molecule has 1 saturated heterocycles. The number of hydrogen-bond acceptors (Lipinski definition) is 3. The van der Waals surface area contributed by atoms with Crippen LogP contribution in [0.15, 0.2) is 4.47 Å². The van der Waals surface area contributed by atoms with Gasteiger partial charge in [-0.25, -0.2) is 0 Å². The smallest absolute Gasteiger partial charge is 0.146 e. The summed E-state index contributed by atoms with van der Waals surface area (Å²) in [6.45, 7) is 5.89. The predicted octanol–water partition coefficient (Wildman–Crippen LogP) is 2.38. The molecule has 1 N–H and O–H groups in total. The second kappa shape index (κ2) is 5.75. The molecule has 1 aromatic rings. The van der Waals surface area contributed by atoms with E-state index in [1.54, 1.807) is 0 Å². The van der Waals surface area contributed by atoms with Crippen molar-refractivity contribution in [3.8, 4) is 0 Å². The highest BCUT2D eigenvalue weighted by molar-refractivity contribution is 9.10. The molecule has 0 bridgehead atoms. The van der Waals surface area contributed by atoms with Crippen molar-refractivity contribution < 1.29 is 4.79 Å². The van der Waals surface area contributed by atoms with Gasteiger partial charge in [0.25, 0.3) is 0 Å². The molecule has 0 saturated carbocycles. The number of rotatable bonds is 5. The molecule has 5 heteroatoms. The normalized spacial score (nSPS) is 22.9. The minimum atomic E-state index is -0.160. The van der Waals surface area contributed by atoms with Gasteiger partial charge in [0.2, 0.25) is 0 Å². The first kappa shape index (κ1) is 14.7. The molecule has 19 heavy (non-hydrogen) atoms. The van der Waals surface area contributed by atoms with Gasteiger partial charge in [0.1, 0.15) is 5.78 Å². The van der Waals surface area contributed by atoms with Crippen LogP contribution in [0.4, 0.5) is 0 Å². The van der Waals surface area contributed by atoms with E-state index in [0.717, 1.165) is 48.2 Å². The molecule has 1 aromatic heterocycles. The van der Waals surface area contributed by atoms with Crippen LogP contribution in [0, 0.1) is 12.3 Å². The molecule has 0 amide bonds. The van der Waals surface area contributed by atoms with Crippen molar-refractivity contribution >= 4 is 21.7 Å². The fourth-order valence-corrected chi connectivity index (χ4v) is 3.50. The van der Waals surface area contributed by atoms with Crippen LogP contribution in [-0.4, -0.2) is 28.7 Å². The summed E-state index contributed by atoms with van der Waals surface area (Å²) in [6, 6.07) is 0. The van der Waals surface area contributed by atoms with Crippen molar-refractivity contribution in [3.63, 3.8) is 0 Å². The zero-order valence-corrected chi connectivity index (χ0v) is 13.5. The summed E-state index contributed by atoms with van der Waals surface area (Å²) in [7, 11) is 1.90. The van der Waals surface area contributed by atoms with E-state index in [1.807, 2.05) is 18.7 Å². The van der Waals surface area contributed by atoms with Gasteiger partial charge in [0, 0.05) is 19.0 Å². The van der Waals surface area contributed by atoms with Gasteiger partial charge < -0.3 is 5.32 Å². The Bertz CT molecular complexity index is 475. The van der Waals surface area contributed by atoms with Gasteiger partial charge in [-0.05, 0) is 42.2 Å². The summed E-state index contributed by atoms with van der Waals surface area (Å²) < 4.78 is 2.79. The zero-order valence-electron chi connectivity index (χ0n) is 11.9. The summed E-state index contributed by atoms with van der Waals surface area (Å²) in [4.78, 5) is 12.7. The molecular weight excluding hydrogens is 306 g/mol. The summed E-state index contributed by atoms with van der Waals surface area (Å²) >= 11 is 3.54. The van der Waals surface area contributed by atoms with E-state index < -0.39 is 0 Å². The Balaban J connectivity index is 2.20. The topological polar surface area (TPSA) is 46.9 Å². The SMILES string of the molecule is CCCC1(C(=O)Cc2c(Br)c(C)nn2C)CCNC1. The van der Waals surface area contributed by atoms with Gasteiger partial charge in [-0.3, -0.25) is 9.48 Å². The Morgan fingerprint density at radius 2 is 2.32 bits per heavy atom. The highest BCUT2D eigenvalue weighted by atomic mass is 79.9. The molecule has 2 heterocycles. The highest BCUT2D eigenvalue weighted by Crippen LogP contribution is 2.34. The number of hydrogen-bond donors (Lipinski definition) is 1. The molecule has 1 aliphatic rings. The zero-order chi connectivity index (χ0) is 14.0. The van der Waals surface area contributed by atoms with Crippen LogP contribution in [0.2, 0.25) is 0 Å². The number of nitrogens with one attached hydrogen (secondary N) is 1. The lowest BCUT2D eigenvalue weighted by molar-refractivity contribution is -0.127. The third kappa shape index (κ3) is 2.77.